The molecule has 4 N–H and O–H groups in total. The summed E-state index contributed by atoms with van der Waals surface area (Å²) in [5.74, 6) is -0.121. The Labute approximate surface area is 121 Å². The molecule has 1 heterocycles. The molecule has 0 aliphatic heterocycles. The molecule has 2 rings (SSSR count). The Morgan fingerprint density at radius 1 is 1.33 bits per heavy atom. The number of aromatic amines is 2. The fourth-order valence-corrected chi connectivity index (χ4v) is 2.47. The summed E-state index contributed by atoms with van der Waals surface area (Å²) in [6, 6.07) is 0. The van der Waals surface area contributed by atoms with E-state index in [1.165, 1.54) is 0 Å². The van der Waals surface area contributed by atoms with Crippen LogP contribution in [0.25, 0.3) is 0 Å². The summed E-state index contributed by atoms with van der Waals surface area (Å²) in [7, 11) is 0. The molecule has 0 saturated heterocycles. The number of aliphatic hydroxyl groups is 1. The number of hydrogen-bond donors (Lipinski definition) is 4. The molecule has 0 radical (unpaired) electrons. The molecule has 1 aliphatic rings. The van der Waals surface area contributed by atoms with Gasteiger partial charge in [0.1, 0.15) is 0 Å². The third-order valence-electron chi connectivity index (χ3n) is 4.12. The van der Waals surface area contributed by atoms with Crippen LogP contribution >= 0.6 is 0 Å². The van der Waals surface area contributed by atoms with Crippen LogP contribution in [0.1, 0.15) is 36.9 Å². The number of hydrogen-bond acceptors (Lipinski definition) is 4. The van der Waals surface area contributed by atoms with Gasteiger partial charge in [-0.25, -0.2) is 4.79 Å². The van der Waals surface area contributed by atoms with Gasteiger partial charge in [0.15, 0.2) is 0 Å². The monoisotopic (exact) mass is 295 g/mol. The Hall–Kier alpha value is -1.89. The normalized spacial score (nSPS) is 15.7. The molecule has 21 heavy (non-hydrogen) atoms. The topological polar surface area (TPSA) is 115 Å². The van der Waals surface area contributed by atoms with Crippen LogP contribution in [0.4, 0.5) is 0 Å². The minimum Gasteiger partial charge on any atom is -0.396 e. The highest BCUT2D eigenvalue weighted by Crippen LogP contribution is 2.47. The van der Waals surface area contributed by atoms with Gasteiger partial charge in [0.25, 0.3) is 5.56 Å². The molecule has 7 heteroatoms. The van der Waals surface area contributed by atoms with Crippen molar-refractivity contribution in [1.82, 2.24) is 15.3 Å². The summed E-state index contributed by atoms with van der Waals surface area (Å²) < 4.78 is 0. The summed E-state index contributed by atoms with van der Waals surface area (Å²) in [6.07, 6.45) is 3.27. The molecule has 1 aliphatic carbocycles. The van der Waals surface area contributed by atoms with Crippen LogP contribution in [-0.2, 0) is 11.2 Å². The van der Waals surface area contributed by atoms with Gasteiger partial charge >= 0.3 is 5.69 Å². The van der Waals surface area contributed by atoms with Gasteiger partial charge < -0.3 is 15.4 Å². The lowest BCUT2D eigenvalue weighted by molar-refractivity contribution is -0.121. The van der Waals surface area contributed by atoms with Crippen molar-refractivity contribution in [1.29, 1.82) is 0 Å². The molecule has 1 fully saturated rings. The van der Waals surface area contributed by atoms with E-state index in [9.17, 15) is 14.4 Å². The number of amides is 1. The van der Waals surface area contributed by atoms with Crippen molar-refractivity contribution >= 4 is 5.91 Å². The van der Waals surface area contributed by atoms with Gasteiger partial charge in [-0.05, 0) is 38.0 Å². The van der Waals surface area contributed by atoms with E-state index in [0.717, 1.165) is 12.8 Å². The van der Waals surface area contributed by atoms with Crippen LogP contribution in [0.3, 0.4) is 0 Å². The summed E-state index contributed by atoms with van der Waals surface area (Å²) in [6.45, 7) is 2.36. The second kappa shape index (κ2) is 6.26. The Bertz CT molecular complexity index is 628. The number of H-pyrrole nitrogens is 2. The third-order valence-corrected chi connectivity index (χ3v) is 4.12. The van der Waals surface area contributed by atoms with Gasteiger partial charge in [0, 0.05) is 30.8 Å². The molecular weight excluding hydrogens is 274 g/mol. The van der Waals surface area contributed by atoms with E-state index in [2.05, 4.69) is 15.3 Å². The Kier molecular flexibility index (Phi) is 4.62. The third kappa shape index (κ3) is 4.04. The van der Waals surface area contributed by atoms with Crippen molar-refractivity contribution in [2.24, 2.45) is 5.41 Å². The number of carbonyl (C=O) groups is 1. The predicted octanol–water partition coefficient (Wildman–Crippen LogP) is -0.417. The predicted molar refractivity (Wildman–Crippen MR) is 77.1 cm³/mol. The fraction of sp³-hybridized carbons (Fsp3) is 0.643. The summed E-state index contributed by atoms with van der Waals surface area (Å²) in [4.78, 5) is 39.2. The first-order chi connectivity index (χ1) is 9.96. The smallest absolute Gasteiger partial charge is 0.325 e. The number of nitrogens with one attached hydrogen (secondary N) is 3. The van der Waals surface area contributed by atoms with E-state index in [0.29, 0.717) is 24.2 Å². The van der Waals surface area contributed by atoms with Gasteiger partial charge in [0.2, 0.25) is 5.91 Å². The zero-order valence-corrected chi connectivity index (χ0v) is 12.1. The van der Waals surface area contributed by atoms with E-state index in [-0.39, 0.29) is 30.8 Å². The van der Waals surface area contributed by atoms with Crippen LogP contribution in [0.15, 0.2) is 9.59 Å². The second-order valence-corrected chi connectivity index (χ2v) is 5.76. The van der Waals surface area contributed by atoms with Crippen LogP contribution in [0.2, 0.25) is 0 Å². The lowest BCUT2D eigenvalue weighted by Gasteiger charge is -2.14. The molecule has 0 atom stereocenters. The Morgan fingerprint density at radius 3 is 2.62 bits per heavy atom. The number of aliphatic hydroxyl groups excluding tert-OH is 1. The highest BCUT2D eigenvalue weighted by molar-refractivity contribution is 5.76. The first kappa shape index (κ1) is 15.5. The maximum Gasteiger partial charge on any atom is 0.325 e. The number of aryl methyl sites for hydroxylation is 1. The van der Waals surface area contributed by atoms with Crippen molar-refractivity contribution in [2.45, 2.75) is 39.0 Å². The van der Waals surface area contributed by atoms with E-state index in [4.69, 9.17) is 5.11 Å². The van der Waals surface area contributed by atoms with Crippen LogP contribution < -0.4 is 16.6 Å². The molecule has 7 nitrogen and oxygen atoms in total. The zero-order chi connectivity index (χ0) is 15.5. The van der Waals surface area contributed by atoms with Gasteiger partial charge in [-0.15, -0.1) is 0 Å². The van der Waals surface area contributed by atoms with Crippen molar-refractivity contribution in [3.05, 3.63) is 32.1 Å². The molecule has 1 saturated carbocycles. The first-order valence-corrected chi connectivity index (χ1v) is 7.15. The van der Waals surface area contributed by atoms with E-state index in [1.807, 2.05) is 0 Å². The highest BCUT2D eigenvalue weighted by atomic mass is 16.3. The summed E-state index contributed by atoms with van der Waals surface area (Å²) >= 11 is 0. The number of aromatic nitrogens is 2. The number of rotatable bonds is 7. The largest absolute Gasteiger partial charge is 0.396 e. The van der Waals surface area contributed by atoms with E-state index < -0.39 is 11.2 Å². The van der Waals surface area contributed by atoms with Gasteiger partial charge in [-0.3, -0.25) is 14.6 Å². The Balaban J connectivity index is 1.85. The van der Waals surface area contributed by atoms with Crippen LogP contribution in [0.5, 0.6) is 0 Å². The van der Waals surface area contributed by atoms with Gasteiger partial charge in [-0.2, -0.15) is 0 Å². The molecule has 0 unspecified atom stereocenters. The SMILES string of the molecule is Cc1[nH]c(=O)[nH]c(=O)c1CCC(=O)NCC1(CCO)CC1. The van der Waals surface area contributed by atoms with Gasteiger partial charge in [-0.1, -0.05) is 0 Å². The average Bonchev–Trinajstić information content (AvgIpc) is 3.16. The van der Waals surface area contributed by atoms with Crippen LogP contribution in [0, 0.1) is 12.3 Å². The minimum atomic E-state index is -0.537. The van der Waals surface area contributed by atoms with Crippen molar-refractivity contribution in [3.8, 4) is 0 Å². The van der Waals surface area contributed by atoms with Crippen LogP contribution in [-0.4, -0.2) is 34.1 Å². The number of carbonyl (C=O) groups excluding carboxylic acids is 1. The molecule has 116 valence electrons. The second-order valence-electron chi connectivity index (χ2n) is 5.76. The molecule has 0 aromatic carbocycles. The molecule has 1 amide bonds. The highest BCUT2D eigenvalue weighted by Gasteiger charge is 2.41. The fourth-order valence-electron chi connectivity index (χ4n) is 2.47. The molecular formula is C14H21N3O4. The van der Waals surface area contributed by atoms with Crippen molar-refractivity contribution in [2.75, 3.05) is 13.2 Å². The molecule has 1 aromatic rings. The van der Waals surface area contributed by atoms with E-state index >= 15 is 0 Å². The molecule has 0 spiro atoms. The lowest BCUT2D eigenvalue weighted by atomic mass is 10.0. The maximum absolute atomic E-state index is 11.8. The molecule has 1 aromatic heterocycles. The van der Waals surface area contributed by atoms with Crippen molar-refractivity contribution < 1.29 is 9.90 Å². The van der Waals surface area contributed by atoms with E-state index in [1.54, 1.807) is 6.92 Å². The lowest BCUT2D eigenvalue weighted by Crippen LogP contribution is -2.32. The zero-order valence-electron chi connectivity index (χ0n) is 12.1. The maximum atomic E-state index is 11.8. The minimum absolute atomic E-state index is 0.0791. The molecule has 0 bridgehead atoms. The van der Waals surface area contributed by atoms with Gasteiger partial charge in [0.05, 0.1) is 0 Å². The summed E-state index contributed by atoms with van der Waals surface area (Å²) in [5.41, 5.74) is 0.0283. The Morgan fingerprint density at radius 2 is 2.05 bits per heavy atom. The van der Waals surface area contributed by atoms with Crippen molar-refractivity contribution in [3.63, 3.8) is 0 Å². The average molecular weight is 295 g/mol. The summed E-state index contributed by atoms with van der Waals surface area (Å²) in [5, 5.41) is 11.8. The first-order valence-electron chi connectivity index (χ1n) is 7.15. The quantitative estimate of drug-likeness (QED) is 0.547. The standard InChI is InChI=1S/C14H21N3O4/c1-9-10(12(20)17-13(21)16-9)2-3-11(19)15-8-14(4-5-14)6-7-18/h18H,2-8H2,1H3,(H,15,19)(H2,16,17,20,21).